The number of nitrogens with two attached hydrogens (primary N) is 1. The second-order valence-electron chi connectivity index (χ2n) is 14.5. The minimum absolute atomic E-state index is 0.0195. The number of fused-ring (bicyclic) bond motifs is 3. The highest BCUT2D eigenvalue weighted by atomic mass is 35.5. The Hall–Kier alpha value is -4.76. The Morgan fingerprint density at radius 2 is 2.09 bits per heavy atom. The zero-order valence-corrected chi connectivity index (χ0v) is 30.7. The Balaban J connectivity index is 1.17. The lowest BCUT2D eigenvalue weighted by molar-refractivity contribution is -0.0355. The number of amides is 1. The number of nitrogen functional groups attached to an aromatic ring is 1. The SMILES string of the molecule is Cc1ncnn1C(=O)N1CCOCC12CCN(c1nc(OC[C@@]34CCCN3C[C@H](F)C4)nc3c(F)c(-c4ccc(F)c5sc(N)c(C#N)c45)c(Cl)cc13)C2. The van der Waals surface area contributed by atoms with Gasteiger partial charge in [-0.25, -0.2) is 22.9 Å². The average Bonchev–Trinajstić information content (AvgIpc) is 3.98. The van der Waals surface area contributed by atoms with Gasteiger partial charge < -0.3 is 25.0 Å². The standard InChI is InChI=1S/C36H34ClF3N10O3S/c1-19-43-18-44-50(19)34(51)49-9-10-52-16-36(49)6-8-47(15-36)32-22-11-24(37)27(21-3-4-25(39)30-26(21)23(13-41)31(42)54-30)28(40)29(22)45-33(46-32)53-17-35-5-2-7-48(35)14-20(38)12-35/h3-4,11,18,20H,2,5-10,12,14-17,42H2,1H3/t20-,35+,36?/m1/s1. The number of nitriles is 1. The van der Waals surface area contributed by atoms with Gasteiger partial charge in [0, 0.05) is 48.9 Å². The maximum atomic E-state index is 17.3. The molecule has 2 N–H and O–H groups in total. The van der Waals surface area contributed by atoms with Gasteiger partial charge in [-0.2, -0.15) is 25.0 Å². The molecule has 9 rings (SSSR count). The van der Waals surface area contributed by atoms with Crippen molar-refractivity contribution >= 4 is 60.8 Å². The van der Waals surface area contributed by atoms with E-state index in [0.29, 0.717) is 50.7 Å². The fraction of sp³-hybridized carbons (Fsp3) is 0.444. The highest BCUT2D eigenvalue weighted by Crippen LogP contribution is 2.47. The molecule has 4 fully saturated rings. The van der Waals surface area contributed by atoms with Crippen molar-refractivity contribution in [1.29, 1.82) is 5.26 Å². The first-order chi connectivity index (χ1) is 26.0. The summed E-state index contributed by atoms with van der Waals surface area (Å²) in [6.07, 6.45) is 2.82. The van der Waals surface area contributed by atoms with Gasteiger partial charge in [0.2, 0.25) is 0 Å². The molecular weight excluding hydrogens is 745 g/mol. The number of alkyl halides is 1. The van der Waals surface area contributed by atoms with Crippen LogP contribution in [-0.2, 0) is 4.74 Å². The molecule has 0 radical (unpaired) electrons. The largest absolute Gasteiger partial charge is 0.461 e. The van der Waals surface area contributed by atoms with Gasteiger partial charge in [-0.1, -0.05) is 17.7 Å². The summed E-state index contributed by atoms with van der Waals surface area (Å²) in [4.78, 5) is 33.2. The fourth-order valence-electron chi connectivity index (χ4n) is 8.88. The van der Waals surface area contributed by atoms with Gasteiger partial charge >= 0.3 is 12.0 Å². The highest BCUT2D eigenvalue weighted by Gasteiger charge is 2.51. The van der Waals surface area contributed by atoms with Crippen LogP contribution in [0.4, 0.5) is 28.8 Å². The third-order valence-electron chi connectivity index (χ3n) is 11.4. The molecule has 13 nitrogen and oxygen atoms in total. The van der Waals surface area contributed by atoms with E-state index in [2.05, 4.69) is 20.0 Å². The van der Waals surface area contributed by atoms with Crippen molar-refractivity contribution in [3.05, 3.63) is 52.6 Å². The summed E-state index contributed by atoms with van der Waals surface area (Å²) < 4.78 is 60.5. The van der Waals surface area contributed by atoms with E-state index < -0.39 is 28.9 Å². The predicted octanol–water partition coefficient (Wildman–Crippen LogP) is 5.70. The van der Waals surface area contributed by atoms with Crippen LogP contribution in [0.1, 0.15) is 37.1 Å². The van der Waals surface area contributed by atoms with Gasteiger partial charge in [-0.3, -0.25) is 4.90 Å². The number of nitrogens with zero attached hydrogens (tertiary/aromatic N) is 9. The molecule has 4 aliphatic heterocycles. The Kier molecular flexibility index (Phi) is 8.38. The predicted molar refractivity (Wildman–Crippen MR) is 196 cm³/mol. The van der Waals surface area contributed by atoms with Crippen LogP contribution in [0.3, 0.4) is 0 Å². The summed E-state index contributed by atoms with van der Waals surface area (Å²) in [6, 6.07) is 5.70. The van der Waals surface area contributed by atoms with Crippen LogP contribution in [0.25, 0.3) is 32.1 Å². The Labute approximate surface area is 316 Å². The first kappa shape index (κ1) is 35.0. The summed E-state index contributed by atoms with van der Waals surface area (Å²) in [5, 5.41) is 14.6. The third kappa shape index (κ3) is 5.36. The van der Waals surface area contributed by atoms with Crippen molar-refractivity contribution in [2.24, 2.45) is 0 Å². The van der Waals surface area contributed by atoms with Crippen LogP contribution in [0, 0.1) is 29.9 Å². The molecule has 0 saturated carbocycles. The van der Waals surface area contributed by atoms with E-state index in [-0.39, 0.29) is 79.5 Å². The number of anilines is 2. The molecule has 2 aromatic carbocycles. The Bertz CT molecular complexity index is 2410. The molecule has 54 heavy (non-hydrogen) atoms. The van der Waals surface area contributed by atoms with E-state index in [9.17, 15) is 14.4 Å². The number of halogens is 4. The monoisotopic (exact) mass is 778 g/mol. The van der Waals surface area contributed by atoms with Crippen molar-refractivity contribution in [3.8, 4) is 23.2 Å². The van der Waals surface area contributed by atoms with Crippen LogP contribution in [0.5, 0.6) is 6.01 Å². The maximum absolute atomic E-state index is 17.3. The third-order valence-corrected chi connectivity index (χ3v) is 12.8. The van der Waals surface area contributed by atoms with E-state index in [1.165, 1.54) is 23.1 Å². The number of carbonyl (C=O) groups is 1. The minimum atomic E-state index is -0.980. The van der Waals surface area contributed by atoms with E-state index in [1.54, 1.807) is 17.9 Å². The molecule has 280 valence electrons. The summed E-state index contributed by atoms with van der Waals surface area (Å²) in [6.45, 7) is 4.51. The number of rotatable bonds is 5. The number of benzene rings is 2. The molecule has 4 aliphatic rings. The molecule has 18 heteroatoms. The molecule has 4 saturated heterocycles. The molecule has 3 aromatic heterocycles. The van der Waals surface area contributed by atoms with Gasteiger partial charge in [0.05, 0.1) is 39.6 Å². The van der Waals surface area contributed by atoms with Gasteiger partial charge in [0.15, 0.2) is 5.82 Å². The summed E-state index contributed by atoms with van der Waals surface area (Å²) in [7, 11) is 0. The number of hydrogen-bond donors (Lipinski definition) is 1. The van der Waals surface area contributed by atoms with Crippen LogP contribution in [0.15, 0.2) is 24.5 Å². The molecule has 0 aliphatic carbocycles. The molecule has 3 atom stereocenters. The molecule has 5 aromatic rings. The quantitative estimate of drug-likeness (QED) is 0.234. The van der Waals surface area contributed by atoms with Gasteiger partial charge in [0.1, 0.15) is 53.2 Å². The number of aryl methyl sites for hydroxylation is 1. The molecule has 1 spiro atoms. The first-order valence-electron chi connectivity index (χ1n) is 17.7. The van der Waals surface area contributed by atoms with Crippen molar-refractivity contribution in [1.82, 2.24) is 34.5 Å². The van der Waals surface area contributed by atoms with Crippen LogP contribution < -0.4 is 15.4 Å². The number of thiophene rings is 1. The lowest BCUT2D eigenvalue weighted by Crippen LogP contribution is -2.61. The molecule has 0 bridgehead atoms. The summed E-state index contributed by atoms with van der Waals surface area (Å²) in [5.41, 5.74) is 4.80. The van der Waals surface area contributed by atoms with E-state index >= 15 is 8.78 Å². The second-order valence-corrected chi connectivity index (χ2v) is 16.0. The molecule has 7 heterocycles. The smallest absolute Gasteiger partial charge is 0.347 e. The first-order valence-corrected chi connectivity index (χ1v) is 18.9. The lowest BCUT2D eigenvalue weighted by atomic mass is 9.95. The van der Waals surface area contributed by atoms with Crippen LogP contribution >= 0.6 is 22.9 Å². The fourth-order valence-corrected chi connectivity index (χ4v) is 10.1. The number of morpholine rings is 1. The van der Waals surface area contributed by atoms with E-state index in [4.69, 9.17) is 31.8 Å². The topological polar surface area (TPSA) is 152 Å². The number of aromatic nitrogens is 5. The summed E-state index contributed by atoms with van der Waals surface area (Å²) in [5.74, 6) is -0.653. The van der Waals surface area contributed by atoms with Crippen molar-refractivity contribution in [3.63, 3.8) is 0 Å². The average molecular weight is 779 g/mol. The maximum Gasteiger partial charge on any atom is 0.347 e. The molecule has 1 unspecified atom stereocenters. The lowest BCUT2D eigenvalue weighted by Gasteiger charge is -2.44. The van der Waals surface area contributed by atoms with Gasteiger partial charge in [0.25, 0.3) is 0 Å². The van der Waals surface area contributed by atoms with Crippen LogP contribution in [0.2, 0.25) is 5.02 Å². The van der Waals surface area contributed by atoms with Crippen molar-refractivity contribution in [2.45, 2.75) is 49.9 Å². The number of carbonyl (C=O) groups excluding carboxylic acids is 1. The van der Waals surface area contributed by atoms with E-state index in [1.807, 2.05) is 11.0 Å². The van der Waals surface area contributed by atoms with Crippen LogP contribution in [-0.4, -0.2) is 110 Å². The minimum Gasteiger partial charge on any atom is -0.461 e. The highest BCUT2D eigenvalue weighted by molar-refractivity contribution is 7.23. The Morgan fingerprint density at radius 1 is 1.24 bits per heavy atom. The number of hydrogen-bond acceptors (Lipinski definition) is 12. The van der Waals surface area contributed by atoms with Gasteiger partial charge in [-0.05, 0) is 50.4 Å². The number of ether oxygens (including phenoxy) is 2. The second kappa shape index (κ2) is 12.9. The van der Waals surface area contributed by atoms with E-state index in [0.717, 1.165) is 30.7 Å². The Morgan fingerprint density at radius 3 is 2.89 bits per heavy atom. The van der Waals surface area contributed by atoms with Crippen molar-refractivity contribution < 1.29 is 27.4 Å². The van der Waals surface area contributed by atoms with Crippen molar-refractivity contribution in [2.75, 3.05) is 63.2 Å². The van der Waals surface area contributed by atoms with Gasteiger partial charge in [-0.15, -0.1) is 11.3 Å². The zero-order chi connectivity index (χ0) is 37.5. The molecule has 1 amide bonds. The zero-order valence-electron chi connectivity index (χ0n) is 29.1. The molecular formula is C36H34ClF3N10O3S. The normalized spacial score (nSPS) is 24.3. The summed E-state index contributed by atoms with van der Waals surface area (Å²) >= 11 is 7.82.